The van der Waals surface area contributed by atoms with E-state index in [-0.39, 0.29) is 17.8 Å². The number of halogens is 1. The molecule has 2 N–H and O–H groups in total. The van der Waals surface area contributed by atoms with E-state index in [2.05, 4.69) is 0 Å². The lowest BCUT2D eigenvalue weighted by Crippen LogP contribution is -2.42. The predicted molar refractivity (Wildman–Crippen MR) is 76.5 cm³/mol. The van der Waals surface area contributed by atoms with E-state index in [0.717, 1.165) is 12.8 Å². The molecular formula is C14H17ClN2O3. The summed E-state index contributed by atoms with van der Waals surface area (Å²) in [7, 11) is 1.36. The van der Waals surface area contributed by atoms with Gasteiger partial charge in [-0.3, -0.25) is 9.59 Å². The van der Waals surface area contributed by atoms with E-state index in [1.165, 1.54) is 7.11 Å². The third-order valence-electron chi connectivity index (χ3n) is 3.49. The number of carbonyl (C=O) groups excluding carboxylic acids is 2. The van der Waals surface area contributed by atoms with E-state index < -0.39 is 0 Å². The number of amides is 1. The number of carbonyl (C=O) groups is 2. The minimum Gasteiger partial charge on any atom is -0.469 e. The Morgan fingerprint density at radius 2 is 2.20 bits per heavy atom. The van der Waals surface area contributed by atoms with E-state index >= 15 is 0 Å². The fraction of sp³-hybridized carbons (Fsp3) is 0.429. The van der Waals surface area contributed by atoms with Crippen molar-refractivity contribution in [2.75, 3.05) is 25.9 Å². The molecule has 1 fully saturated rings. The van der Waals surface area contributed by atoms with Crippen molar-refractivity contribution < 1.29 is 14.3 Å². The maximum atomic E-state index is 12.5. The number of benzene rings is 1. The van der Waals surface area contributed by atoms with Crippen LogP contribution in [0.5, 0.6) is 0 Å². The second kappa shape index (κ2) is 6.13. The summed E-state index contributed by atoms with van der Waals surface area (Å²) in [4.78, 5) is 25.7. The molecule has 2 rings (SSSR count). The van der Waals surface area contributed by atoms with Gasteiger partial charge in [0.15, 0.2) is 0 Å². The summed E-state index contributed by atoms with van der Waals surface area (Å²) < 4.78 is 4.74. The Hall–Kier alpha value is -1.75. The van der Waals surface area contributed by atoms with Gasteiger partial charge in [0.25, 0.3) is 5.91 Å². The third kappa shape index (κ3) is 3.04. The molecule has 1 aromatic rings. The van der Waals surface area contributed by atoms with Gasteiger partial charge >= 0.3 is 5.97 Å². The largest absolute Gasteiger partial charge is 0.469 e. The Labute approximate surface area is 122 Å². The lowest BCUT2D eigenvalue weighted by molar-refractivity contribution is -0.146. The lowest BCUT2D eigenvalue weighted by atomic mass is 9.97. The van der Waals surface area contributed by atoms with Gasteiger partial charge in [-0.05, 0) is 31.0 Å². The Bertz CT molecular complexity index is 533. The van der Waals surface area contributed by atoms with Crippen molar-refractivity contribution in [1.29, 1.82) is 0 Å². The fourth-order valence-electron chi connectivity index (χ4n) is 2.40. The van der Waals surface area contributed by atoms with Crippen molar-refractivity contribution in [3.63, 3.8) is 0 Å². The number of hydrogen-bond donors (Lipinski definition) is 1. The van der Waals surface area contributed by atoms with Crippen LogP contribution in [0.2, 0.25) is 5.02 Å². The van der Waals surface area contributed by atoms with Crippen LogP contribution in [0, 0.1) is 5.92 Å². The number of methoxy groups -OCH3 is 1. The van der Waals surface area contributed by atoms with Gasteiger partial charge in [0.2, 0.25) is 0 Å². The van der Waals surface area contributed by atoms with Gasteiger partial charge in [0.05, 0.1) is 18.6 Å². The zero-order valence-electron chi connectivity index (χ0n) is 11.3. The Kier molecular flexibility index (Phi) is 4.49. The second-order valence-corrected chi connectivity index (χ2v) is 5.28. The van der Waals surface area contributed by atoms with Crippen molar-refractivity contribution in [2.45, 2.75) is 12.8 Å². The first-order valence-electron chi connectivity index (χ1n) is 6.45. The van der Waals surface area contributed by atoms with E-state index in [4.69, 9.17) is 22.1 Å². The van der Waals surface area contributed by atoms with Crippen LogP contribution in [0.3, 0.4) is 0 Å². The molecular weight excluding hydrogens is 280 g/mol. The van der Waals surface area contributed by atoms with Crippen molar-refractivity contribution in [2.24, 2.45) is 5.92 Å². The smallest absolute Gasteiger partial charge is 0.310 e. The first-order valence-corrected chi connectivity index (χ1v) is 6.83. The normalized spacial score (nSPS) is 18.7. The van der Waals surface area contributed by atoms with Gasteiger partial charge in [0.1, 0.15) is 0 Å². The zero-order valence-corrected chi connectivity index (χ0v) is 12.0. The zero-order chi connectivity index (χ0) is 14.7. The van der Waals surface area contributed by atoms with Crippen LogP contribution in [0.25, 0.3) is 0 Å². The molecule has 5 nitrogen and oxygen atoms in total. The number of ether oxygens (including phenoxy) is 1. The first kappa shape index (κ1) is 14.7. The molecule has 0 aromatic heterocycles. The third-order valence-corrected chi connectivity index (χ3v) is 3.72. The van der Waals surface area contributed by atoms with Gasteiger partial charge in [-0.15, -0.1) is 0 Å². The van der Waals surface area contributed by atoms with Crippen LogP contribution < -0.4 is 5.73 Å². The molecule has 108 valence electrons. The molecule has 20 heavy (non-hydrogen) atoms. The molecule has 1 unspecified atom stereocenters. The molecule has 0 saturated carbocycles. The van der Waals surface area contributed by atoms with Gasteiger partial charge in [-0.2, -0.15) is 0 Å². The Balaban J connectivity index is 2.16. The maximum Gasteiger partial charge on any atom is 0.310 e. The highest BCUT2D eigenvalue weighted by Gasteiger charge is 2.30. The van der Waals surface area contributed by atoms with Gasteiger partial charge < -0.3 is 15.4 Å². The molecule has 6 heteroatoms. The highest BCUT2D eigenvalue weighted by atomic mass is 35.5. The number of likely N-dealkylation sites (tertiary alicyclic amines) is 1. The highest BCUT2D eigenvalue weighted by Crippen LogP contribution is 2.23. The topological polar surface area (TPSA) is 72.6 Å². The quantitative estimate of drug-likeness (QED) is 0.669. The van der Waals surface area contributed by atoms with Crippen molar-refractivity contribution in [3.8, 4) is 0 Å². The van der Waals surface area contributed by atoms with Crippen LogP contribution >= 0.6 is 11.6 Å². The minimum atomic E-state index is -0.276. The SMILES string of the molecule is COC(=O)C1CCCN(C(=O)c2cc(Cl)ccc2N)C1. The summed E-state index contributed by atoms with van der Waals surface area (Å²) in [6.07, 6.45) is 1.51. The summed E-state index contributed by atoms with van der Waals surface area (Å²) in [5.74, 6) is -0.738. The standard InChI is InChI=1S/C14H17ClN2O3/c1-20-14(19)9-3-2-6-17(8-9)13(18)11-7-10(15)4-5-12(11)16/h4-5,7,9H,2-3,6,8,16H2,1H3. The summed E-state index contributed by atoms with van der Waals surface area (Å²) >= 11 is 5.90. The van der Waals surface area contributed by atoms with Crippen LogP contribution in [0.15, 0.2) is 18.2 Å². The molecule has 0 bridgehead atoms. The number of nitrogen functional groups attached to an aromatic ring is 1. The Morgan fingerprint density at radius 1 is 1.45 bits per heavy atom. The molecule has 0 aliphatic carbocycles. The molecule has 0 spiro atoms. The predicted octanol–water partition coefficient (Wildman–Crippen LogP) is 1.95. The first-order chi connectivity index (χ1) is 9.52. The minimum absolute atomic E-state index is 0.196. The van der Waals surface area contributed by atoms with Crippen LogP contribution in [0.4, 0.5) is 5.69 Å². The maximum absolute atomic E-state index is 12.5. The van der Waals surface area contributed by atoms with Gasteiger partial charge in [0, 0.05) is 23.8 Å². The van der Waals surface area contributed by atoms with Gasteiger partial charge in [-0.25, -0.2) is 0 Å². The van der Waals surface area contributed by atoms with Crippen molar-refractivity contribution in [1.82, 2.24) is 4.90 Å². The lowest BCUT2D eigenvalue weighted by Gasteiger charge is -2.31. The average molecular weight is 297 g/mol. The molecule has 1 amide bonds. The number of piperidine rings is 1. The van der Waals surface area contributed by atoms with E-state index in [9.17, 15) is 9.59 Å². The molecule has 1 aliphatic rings. The summed E-state index contributed by atoms with van der Waals surface area (Å²) in [5.41, 5.74) is 6.59. The molecule has 1 aliphatic heterocycles. The van der Waals surface area contributed by atoms with Crippen LogP contribution in [-0.2, 0) is 9.53 Å². The summed E-state index contributed by atoms with van der Waals surface area (Å²) in [6, 6.07) is 4.80. The fourth-order valence-corrected chi connectivity index (χ4v) is 2.58. The number of hydrogen-bond acceptors (Lipinski definition) is 4. The second-order valence-electron chi connectivity index (χ2n) is 4.85. The highest BCUT2D eigenvalue weighted by molar-refractivity contribution is 6.31. The molecule has 1 saturated heterocycles. The average Bonchev–Trinajstić information content (AvgIpc) is 2.48. The summed E-state index contributed by atoms with van der Waals surface area (Å²) in [5, 5.41) is 0.462. The van der Waals surface area contributed by atoms with E-state index in [1.807, 2.05) is 0 Å². The molecule has 1 atom stereocenters. The van der Waals surface area contributed by atoms with Crippen LogP contribution in [-0.4, -0.2) is 37.0 Å². The number of nitrogens with zero attached hydrogens (tertiary/aromatic N) is 1. The van der Waals surface area contributed by atoms with E-state index in [0.29, 0.717) is 29.4 Å². The Morgan fingerprint density at radius 3 is 2.90 bits per heavy atom. The number of anilines is 1. The van der Waals surface area contributed by atoms with Crippen molar-refractivity contribution in [3.05, 3.63) is 28.8 Å². The van der Waals surface area contributed by atoms with E-state index in [1.54, 1.807) is 23.1 Å². The number of nitrogens with two attached hydrogens (primary N) is 1. The number of esters is 1. The van der Waals surface area contributed by atoms with Gasteiger partial charge in [-0.1, -0.05) is 11.6 Å². The van der Waals surface area contributed by atoms with Crippen LogP contribution in [0.1, 0.15) is 23.2 Å². The summed E-state index contributed by atoms with van der Waals surface area (Å²) in [6.45, 7) is 0.968. The molecule has 0 radical (unpaired) electrons. The number of rotatable bonds is 2. The monoisotopic (exact) mass is 296 g/mol. The molecule has 1 aromatic carbocycles. The molecule has 1 heterocycles. The van der Waals surface area contributed by atoms with Crippen molar-refractivity contribution >= 4 is 29.2 Å².